The molecule has 22 heavy (non-hydrogen) atoms. The van der Waals surface area contributed by atoms with Crippen molar-refractivity contribution in [3.8, 4) is 17.2 Å². The van der Waals surface area contributed by atoms with Crippen LogP contribution in [0, 0.1) is 0 Å². The van der Waals surface area contributed by atoms with Crippen LogP contribution in [0.4, 0.5) is 13.2 Å². The lowest BCUT2D eigenvalue weighted by molar-refractivity contribution is -0.138. The molecule has 1 aromatic carbocycles. The van der Waals surface area contributed by atoms with Gasteiger partial charge in [-0.15, -0.1) is 0 Å². The Kier molecular flexibility index (Phi) is 4.77. The Labute approximate surface area is 129 Å². The van der Waals surface area contributed by atoms with Crippen LogP contribution in [-0.4, -0.2) is 12.1 Å². The van der Waals surface area contributed by atoms with E-state index in [4.69, 9.17) is 26.8 Å². The number of methoxy groups -OCH3 is 1. The Morgan fingerprint density at radius 1 is 1.23 bits per heavy atom. The molecule has 0 fully saturated rings. The molecule has 0 atom stereocenters. The Morgan fingerprint density at radius 3 is 2.50 bits per heavy atom. The number of halogens is 4. The minimum Gasteiger partial charge on any atom is -0.497 e. The molecule has 0 bridgehead atoms. The molecule has 0 aliphatic carbocycles. The van der Waals surface area contributed by atoms with Crippen LogP contribution in [0.15, 0.2) is 30.5 Å². The highest BCUT2D eigenvalue weighted by Crippen LogP contribution is 2.40. The predicted molar refractivity (Wildman–Crippen MR) is 75.2 cm³/mol. The molecule has 1 aromatic heterocycles. The van der Waals surface area contributed by atoms with E-state index >= 15 is 0 Å². The average Bonchev–Trinajstić information content (AvgIpc) is 2.47. The van der Waals surface area contributed by atoms with Crippen LogP contribution in [-0.2, 0) is 12.7 Å². The highest BCUT2D eigenvalue weighted by Gasteiger charge is 2.35. The fourth-order valence-corrected chi connectivity index (χ4v) is 1.96. The first-order valence-electron chi connectivity index (χ1n) is 6.12. The summed E-state index contributed by atoms with van der Waals surface area (Å²) in [6.45, 7) is 0.120. The zero-order valence-electron chi connectivity index (χ0n) is 11.4. The van der Waals surface area contributed by atoms with Gasteiger partial charge in [-0.25, -0.2) is 0 Å². The summed E-state index contributed by atoms with van der Waals surface area (Å²) < 4.78 is 49.3. The van der Waals surface area contributed by atoms with Gasteiger partial charge in [0, 0.05) is 12.6 Å². The summed E-state index contributed by atoms with van der Waals surface area (Å²) in [5.41, 5.74) is 4.89. The lowest BCUT2D eigenvalue weighted by Crippen LogP contribution is -2.08. The van der Waals surface area contributed by atoms with Crippen molar-refractivity contribution in [2.24, 2.45) is 5.73 Å². The van der Waals surface area contributed by atoms with Gasteiger partial charge >= 0.3 is 6.18 Å². The highest BCUT2D eigenvalue weighted by molar-refractivity contribution is 6.31. The number of aromatic nitrogens is 1. The third-order valence-corrected chi connectivity index (χ3v) is 3.13. The lowest BCUT2D eigenvalue weighted by atomic mass is 10.2. The van der Waals surface area contributed by atoms with Gasteiger partial charge in [-0.2, -0.15) is 13.2 Å². The van der Waals surface area contributed by atoms with Gasteiger partial charge < -0.3 is 15.2 Å². The number of nitrogens with zero attached hydrogens (tertiary/aromatic N) is 1. The van der Waals surface area contributed by atoms with E-state index in [9.17, 15) is 13.2 Å². The zero-order chi connectivity index (χ0) is 16.3. The Morgan fingerprint density at radius 2 is 1.95 bits per heavy atom. The van der Waals surface area contributed by atoms with Crippen molar-refractivity contribution in [2.45, 2.75) is 12.7 Å². The van der Waals surface area contributed by atoms with Gasteiger partial charge in [-0.3, -0.25) is 4.98 Å². The first-order valence-corrected chi connectivity index (χ1v) is 6.50. The maximum atomic E-state index is 13.1. The van der Waals surface area contributed by atoms with Gasteiger partial charge in [0.25, 0.3) is 0 Å². The molecule has 2 rings (SSSR count). The first kappa shape index (κ1) is 16.4. The normalized spacial score (nSPS) is 11.4. The van der Waals surface area contributed by atoms with Crippen molar-refractivity contribution in [3.63, 3.8) is 0 Å². The van der Waals surface area contributed by atoms with Gasteiger partial charge in [0.15, 0.2) is 0 Å². The molecule has 0 aliphatic rings. The third kappa shape index (κ3) is 3.61. The second kappa shape index (κ2) is 6.41. The fourth-order valence-electron chi connectivity index (χ4n) is 1.73. The summed E-state index contributed by atoms with van der Waals surface area (Å²) in [6.07, 6.45) is -3.32. The smallest absolute Gasteiger partial charge is 0.420 e. The molecule has 0 saturated heterocycles. The minimum absolute atomic E-state index is 0.0781. The summed E-state index contributed by atoms with van der Waals surface area (Å²) in [5.74, 6) is -0.209. The molecule has 0 spiro atoms. The van der Waals surface area contributed by atoms with E-state index < -0.39 is 11.7 Å². The number of ether oxygens (including phenoxy) is 2. The highest BCUT2D eigenvalue weighted by atomic mass is 35.5. The number of benzene rings is 1. The number of nitrogens with two attached hydrogens (primary N) is 1. The standard InChI is InChI=1S/C14H12ClF3N2O2/c1-21-8-2-3-13(10(4-8)14(16,17)18)22-9-5-11(15)12(6-19)20-7-9/h2-5,7H,6,19H2,1H3. The van der Waals surface area contributed by atoms with E-state index in [1.165, 1.54) is 31.5 Å². The molecule has 1 heterocycles. The molecule has 118 valence electrons. The van der Waals surface area contributed by atoms with Crippen molar-refractivity contribution >= 4 is 11.6 Å². The van der Waals surface area contributed by atoms with Gasteiger partial charge in [0.05, 0.1) is 24.0 Å². The molecule has 4 nitrogen and oxygen atoms in total. The van der Waals surface area contributed by atoms with E-state index in [0.717, 1.165) is 6.07 Å². The maximum Gasteiger partial charge on any atom is 0.420 e. The third-order valence-electron chi connectivity index (χ3n) is 2.81. The number of hydrogen-bond acceptors (Lipinski definition) is 4. The molecule has 0 amide bonds. The Hall–Kier alpha value is -1.99. The molecular formula is C14H12ClF3N2O2. The second-order valence-corrected chi connectivity index (χ2v) is 4.67. The SMILES string of the molecule is COc1ccc(Oc2cnc(CN)c(Cl)c2)c(C(F)(F)F)c1. The number of hydrogen-bond donors (Lipinski definition) is 1. The van der Waals surface area contributed by atoms with Crippen LogP contribution in [0.3, 0.4) is 0 Å². The van der Waals surface area contributed by atoms with Crippen LogP contribution < -0.4 is 15.2 Å². The average molecular weight is 333 g/mol. The van der Waals surface area contributed by atoms with Crippen molar-refractivity contribution in [1.82, 2.24) is 4.98 Å². The van der Waals surface area contributed by atoms with Crippen molar-refractivity contribution in [2.75, 3.05) is 7.11 Å². The molecule has 0 saturated carbocycles. The Bertz CT molecular complexity index is 678. The summed E-state index contributed by atoms with van der Waals surface area (Å²) >= 11 is 5.91. The van der Waals surface area contributed by atoms with Crippen molar-refractivity contribution in [3.05, 3.63) is 46.7 Å². The van der Waals surface area contributed by atoms with Crippen LogP contribution in [0.2, 0.25) is 5.02 Å². The molecule has 0 aliphatic heterocycles. The summed E-state index contributed by atoms with van der Waals surface area (Å²) in [4.78, 5) is 3.93. The van der Waals surface area contributed by atoms with Crippen LogP contribution in [0.25, 0.3) is 0 Å². The Balaban J connectivity index is 2.38. The minimum atomic E-state index is -4.59. The van der Waals surface area contributed by atoms with Gasteiger partial charge in [0.1, 0.15) is 22.8 Å². The molecular weight excluding hydrogens is 321 g/mol. The van der Waals surface area contributed by atoms with Crippen LogP contribution in [0.5, 0.6) is 17.2 Å². The van der Waals surface area contributed by atoms with Crippen LogP contribution >= 0.6 is 11.6 Å². The number of pyridine rings is 1. The largest absolute Gasteiger partial charge is 0.497 e. The van der Waals surface area contributed by atoms with Crippen molar-refractivity contribution < 1.29 is 22.6 Å². The monoisotopic (exact) mass is 332 g/mol. The fraction of sp³-hybridized carbons (Fsp3) is 0.214. The van der Waals surface area contributed by atoms with Gasteiger partial charge in [-0.1, -0.05) is 11.6 Å². The van der Waals surface area contributed by atoms with Gasteiger partial charge in [0.2, 0.25) is 0 Å². The quantitative estimate of drug-likeness (QED) is 0.919. The van der Waals surface area contributed by atoms with E-state index in [1.807, 2.05) is 0 Å². The lowest BCUT2D eigenvalue weighted by Gasteiger charge is -2.15. The molecule has 2 aromatic rings. The maximum absolute atomic E-state index is 13.1. The summed E-state index contributed by atoms with van der Waals surface area (Å²) in [5, 5.41) is 0.224. The van der Waals surface area contributed by atoms with E-state index in [2.05, 4.69) is 4.98 Å². The van der Waals surface area contributed by atoms with Crippen LogP contribution in [0.1, 0.15) is 11.3 Å². The summed E-state index contributed by atoms with van der Waals surface area (Å²) in [6, 6.07) is 4.76. The van der Waals surface area contributed by atoms with Gasteiger partial charge in [-0.05, 0) is 18.2 Å². The van der Waals surface area contributed by atoms with Crippen molar-refractivity contribution in [1.29, 1.82) is 0 Å². The predicted octanol–water partition coefficient (Wildman–Crippen LogP) is 4.01. The zero-order valence-corrected chi connectivity index (χ0v) is 12.2. The molecule has 8 heteroatoms. The van der Waals surface area contributed by atoms with E-state index in [1.54, 1.807) is 0 Å². The number of rotatable bonds is 4. The summed E-state index contributed by atoms with van der Waals surface area (Å²) in [7, 11) is 1.28. The molecule has 0 radical (unpaired) electrons. The molecule has 2 N–H and O–H groups in total. The molecule has 0 unspecified atom stereocenters. The van der Waals surface area contributed by atoms with E-state index in [-0.39, 0.29) is 28.8 Å². The second-order valence-electron chi connectivity index (χ2n) is 4.27. The number of alkyl halides is 3. The first-order chi connectivity index (χ1) is 10.3. The topological polar surface area (TPSA) is 57.4 Å². The van der Waals surface area contributed by atoms with E-state index in [0.29, 0.717) is 5.69 Å².